The van der Waals surface area contributed by atoms with E-state index in [9.17, 15) is 9.59 Å². The number of carbonyl (C=O) groups is 2. The van der Waals surface area contributed by atoms with Gasteiger partial charge in [0, 0.05) is 12.5 Å². The second kappa shape index (κ2) is 9.95. The van der Waals surface area contributed by atoms with Crippen molar-refractivity contribution < 1.29 is 9.59 Å². The number of hydrogen-bond donors (Lipinski definition) is 3. The number of likely N-dealkylation sites (tertiary alicyclic amines) is 2. The topological polar surface area (TPSA) is 133 Å². The Morgan fingerprint density at radius 1 is 1.16 bits per heavy atom. The Morgan fingerprint density at radius 3 is 2.79 bits per heavy atom. The predicted octanol–water partition coefficient (Wildman–Crippen LogP) is 3.90. The summed E-state index contributed by atoms with van der Waals surface area (Å²) in [6.07, 6.45) is 7.04. The van der Waals surface area contributed by atoms with Gasteiger partial charge in [0.2, 0.25) is 0 Å². The molecule has 0 aliphatic carbocycles. The largest absolute Gasteiger partial charge is 0.383 e. The number of aromatic amines is 1. The lowest BCUT2D eigenvalue weighted by Gasteiger charge is -2.38. The molecule has 6 rings (SSSR count). The predicted molar refractivity (Wildman–Crippen MR) is 149 cm³/mol. The molecule has 198 valence electrons. The summed E-state index contributed by atoms with van der Waals surface area (Å²) in [6.45, 7) is 4.84. The molecule has 2 amide bonds. The molecule has 0 unspecified atom stereocenters. The summed E-state index contributed by atoms with van der Waals surface area (Å²) in [4.78, 5) is 39.9. The van der Waals surface area contributed by atoms with E-state index in [1.807, 2.05) is 0 Å². The third-order valence-corrected chi connectivity index (χ3v) is 9.12. The first kappa shape index (κ1) is 24.7. The zero-order valence-electron chi connectivity index (χ0n) is 21.6. The number of fused-ring (bicyclic) bond motifs is 2. The van der Waals surface area contributed by atoms with Crippen LogP contribution in [-0.2, 0) is 9.59 Å². The summed E-state index contributed by atoms with van der Waals surface area (Å²) < 4.78 is 1.17. The first-order chi connectivity index (χ1) is 18.4. The molecule has 0 bridgehead atoms. The van der Waals surface area contributed by atoms with Gasteiger partial charge >= 0.3 is 11.8 Å². The molecule has 38 heavy (non-hydrogen) atoms. The molecule has 2 atom stereocenters. The summed E-state index contributed by atoms with van der Waals surface area (Å²) >= 11 is 1.78. The number of anilines is 2. The monoisotopic (exact) mass is 532 g/mol. The number of H-pyrrole nitrogens is 1. The number of rotatable bonds is 3. The van der Waals surface area contributed by atoms with Gasteiger partial charge in [0.25, 0.3) is 0 Å². The second-order valence-corrected chi connectivity index (χ2v) is 11.7. The maximum absolute atomic E-state index is 13.5. The quantitative estimate of drug-likeness (QED) is 0.341. The van der Waals surface area contributed by atoms with Crippen LogP contribution < -0.4 is 11.1 Å². The number of aromatic nitrogens is 4. The molecule has 0 spiro atoms. The summed E-state index contributed by atoms with van der Waals surface area (Å²) in [6, 6.07) is 6.15. The molecular formula is C27H32N8O2S. The van der Waals surface area contributed by atoms with E-state index >= 15 is 0 Å². The Labute approximate surface area is 224 Å². The number of thiazole rings is 1. The Morgan fingerprint density at radius 2 is 1.97 bits per heavy atom. The Bertz CT molecular complexity index is 1510. The number of nitrogen functional groups attached to an aromatic ring is 1. The highest BCUT2D eigenvalue weighted by Crippen LogP contribution is 2.38. The SMILES string of the molecule is C[C@H]1CC[C@H](c2ccc3sc(C4CCN(C)CC4)nc3c2)N(C(=O)C(=O)Nc2cnc(N)c3cn[nH]c23)C1. The fourth-order valence-corrected chi connectivity index (χ4v) is 6.80. The van der Waals surface area contributed by atoms with Crippen molar-refractivity contribution >= 4 is 55.8 Å². The Hall–Kier alpha value is -3.57. The number of carbonyl (C=O) groups excluding carboxylic acids is 2. The molecule has 2 aliphatic heterocycles. The molecule has 11 heteroatoms. The van der Waals surface area contributed by atoms with Gasteiger partial charge in [-0.1, -0.05) is 13.0 Å². The van der Waals surface area contributed by atoms with Crippen LogP contribution in [0.4, 0.5) is 11.5 Å². The van der Waals surface area contributed by atoms with Crippen LogP contribution in [0.3, 0.4) is 0 Å². The molecule has 0 radical (unpaired) electrons. The lowest BCUT2D eigenvalue weighted by molar-refractivity contribution is -0.146. The van der Waals surface area contributed by atoms with E-state index in [4.69, 9.17) is 10.7 Å². The number of nitrogens with one attached hydrogen (secondary N) is 2. The highest BCUT2D eigenvalue weighted by atomic mass is 32.1. The van der Waals surface area contributed by atoms with Crippen LogP contribution in [0, 0.1) is 5.92 Å². The van der Waals surface area contributed by atoms with E-state index < -0.39 is 11.8 Å². The van der Waals surface area contributed by atoms with E-state index in [1.54, 1.807) is 22.4 Å². The molecule has 4 N–H and O–H groups in total. The normalized spacial score (nSPS) is 21.3. The molecule has 3 aromatic heterocycles. The number of amides is 2. The minimum absolute atomic E-state index is 0.181. The van der Waals surface area contributed by atoms with Gasteiger partial charge in [0.1, 0.15) is 5.82 Å². The van der Waals surface area contributed by atoms with Gasteiger partial charge in [0.15, 0.2) is 0 Å². The fourth-order valence-electron chi connectivity index (χ4n) is 5.68. The van der Waals surface area contributed by atoms with Crippen LogP contribution in [0.25, 0.3) is 21.1 Å². The molecule has 2 saturated heterocycles. The standard InChI is InChI=1S/C27H32N8O2S/c1-15-3-5-21(17-4-6-22-19(11-17)32-26(38-22)16-7-9-34(2)10-8-16)35(14-15)27(37)25(36)31-20-13-29-24(28)18-12-30-33-23(18)20/h4,6,11-13,15-16,21H,3,5,7-10,14H2,1-2H3,(H2,28,29)(H,30,33)(H,31,36)/t15-,21+/m0/s1. The van der Waals surface area contributed by atoms with Crippen LogP contribution in [0.15, 0.2) is 30.6 Å². The number of hydrogen-bond acceptors (Lipinski definition) is 8. The molecule has 0 saturated carbocycles. The zero-order chi connectivity index (χ0) is 26.4. The lowest BCUT2D eigenvalue weighted by Crippen LogP contribution is -2.46. The average Bonchev–Trinajstić information content (AvgIpc) is 3.58. The van der Waals surface area contributed by atoms with Crippen molar-refractivity contribution in [2.75, 3.05) is 37.7 Å². The van der Waals surface area contributed by atoms with Gasteiger partial charge in [-0.3, -0.25) is 14.7 Å². The van der Waals surface area contributed by atoms with Crippen LogP contribution in [0.1, 0.15) is 55.1 Å². The fraction of sp³-hybridized carbons (Fsp3) is 0.444. The Balaban J connectivity index is 1.24. The number of nitrogens with zero attached hydrogens (tertiary/aromatic N) is 5. The van der Waals surface area contributed by atoms with Gasteiger partial charge < -0.3 is 20.9 Å². The summed E-state index contributed by atoms with van der Waals surface area (Å²) in [5, 5.41) is 11.3. The molecule has 5 heterocycles. The van der Waals surface area contributed by atoms with Gasteiger partial charge in [-0.2, -0.15) is 5.10 Å². The van der Waals surface area contributed by atoms with Crippen molar-refractivity contribution in [3.63, 3.8) is 0 Å². The smallest absolute Gasteiger partial charge is 0.314 e. The highest BCUT2D eigenvalue weighted by Gasteiger charge is 2.35. The number of benzene rings is 1. The molecule has 4 aromatic rings. The van der Waals surface area contributed by atoms with E-state index in [-0.39, 0.29) is 6.04 Å². The molecule has 2 fully saturated rings. The van der Waals surface area contributed by atoms with Gasteiger partial charge in [-0.05, 0) is 69.4 Å². The van der Waals surface area contributed by atoms with Gasteiger partial charge in [0.05, 0.1) is 50.3 Å². The minimum Gasteiger partial charge on any atom is -0.383 e. The second-order valence-electron chi connectivity index (χ2n) is 10.7. The minimum atomic E-state index is -0.703. The highest BCUT2D eigenvalue weighted by molar-refractivity contribution is 7.18. The maximum Gasteiger partial charge on any atom is 0.314 e. The number of piperidine rings is 2. The summed E-state index contributed by atoms with van der Waals surface area (Å²) in [5.41, 5.74) is 8.81. The van der Waals surface area contributed by atoms with E-state index in [0.29, 0.717) is 40.8 Å². The van der Waals surface area contributed by atoms with E-state index in [1.165, 1.54) is 15.9 Å². The maximum atomic E-state index is 13.5. The third-order valence-electron chi connectivity index (χ3n) is 7.92. The molecule has 10 nitrogen and oxygen atoms in total. The third kappa shape index (κ3) is 4.60. The first-order valence-corrected chi connectivity index (χ1v) is 14.0. The zero-order valence-corrected chi connectivity index (χ0v) is 22.4. The Kier molecular flexibility index (Phi) is 6.48. The van der Waals surface area contributed by atoms with Gasteiger partial charge in [-0.25, -0.2) is 9.97 Å². The average molecular weight is 533 g/mol. The molecule has 1 aromatic carbocycles. The number of pyridine rings is 1. The van der Waals surface area contributed by atoms with Crippen molar-refractivity contribution in [1.29, 1.82) is 0 Å². The van der Waals surface area contributed by atoms with Crippen LogP contribution in [0.2, 0.25) is 0 Å². The van der Waals surface area contributed by atoms with Crippen molar-refractivity contribution in [2.45, 2.75) is 44.6 Å². The van der Waals surface area contributed by atoms with E-state index in [2.05, 4.69) is 57.6 Å². The first-order valence-electron chi connectivity index (χ1n) is 13.2. The lowest BCUT2D eigenvalue weighted by atomic mass is 9.89. The summed E-state index contributed by atoms with van der Waals surface area (Å²) in [7, 11) is 2.17. The summed E-state index contributed by atoms with van der Waals surface area (Å²) in [5.74, 6) is -0.144. The van der Waals surface area contributed by atoms with Crippen molar-refractivity contribution in [3.8, 4) is 0 Å². The van der Waals surface area contributed by atoms with Crippen molar-refractivity contribution in [1.82, 2.24) is 30.0 Å². The van der Waals surface area contributed by atoms with Crippen molar-refractivity contribution in [2.24, 2.45) is 5.92 Å². The van der Waals surface area contributed by atoms with Crippen molar-refractivity contribution in [3.05, 3.63) is 41.2 Å². The van der Waals surface area contributed by atoms with Crippen LogP contribution >= 0.6 is 11.3 Å². The molecular weight excluding hydrogens is 500 g/mol. The van der Waals surface area contributed by atoms with Gasteiger partial charge in [-0.15, -0.1) is 11.3 Å². The van der Waals surface area contributed by atoms with E-state index in [0.717, 1.165) is 49.9 Å². The molecule has 2 aliphatic rings. The number of nitrogens with two attached hydrogens (primary N) is 1. The van der Waals surface area contributed by atoms with Crippen LogP contribution in [0.5, 0.6) is 0 Å². The van der Waals surface area contributed by atoms with Crippen LogP contribution in [-0.4, -0.2) is 68.5 Å².